The van der Waals surface area contributed by atoms with Gasteiger partial charge in [-0.25, -0.2) is 4.79 Å². The number of carbonyl (C=O) groups is 3. The highest BCUT2D eigenvalue weighted by atomic mass is 32.2. The first kappa shape index (κ1) is 26.2. The fraction of sp³-hybridized carbons (Fsp3) is 0.316. The van der Waals surface area contributed by atoms with Gasteiger partial charge in [-0.2, -0.15) is 21.1 Å². The zero-order valence-corrected chi connectivity index (χ0v) is 21.6. The van der Waals surface area contributed by atoms with E-state index in [4.69, 9.17) is 11.5 Å². The molecule has 2 atom stereocenters. The number of fused-ring (bicyclic) bond motifs is 1. The van der Waals surface area contributed by atoms with Crippen molar-refractivity contribution in [2.75, 3.05) is 23.8 Å². The second kappa shape index (κ2) is 11.5. The van der Waals surface area contributed by atoms with E-state index in [0.29, 0.717) is 23.0 Å². The molecule has 0 saturated carbocycles. The number of carboxylic acids is 1. The number of amides is 2. The lowest BCUT2D eigenvalue weighted by molar-refractivity contribution is -0.150. The third-order valence-electron chi connectivity index (χ3n) is 5.00. The minimum Gasteiger partial charge on any atom is -0.477 e. The van der Waals surface area contributed by atoms with Gasteiger partial charge in [-0.15, -0.1) is 11.8 Å². The molecule has 2 amide bonds. The molecule has 0 spiro atoms. The SMILES string of the molecule is NCCSCc1cnccc1SC1=C(C(=O)O)N2C(=O)[C@@H](NC(=O)/C(=N\O)c3nsc(N)n3)[C@@H]2SC1. The van der Waals surface area contributed by atoms with Crippen molar-refractivity contribution in [3.63, 3.8) is 0 Å². The number of nitrogens with zero attached hydrogens (tertiary/aromatic N) is 5. The summed E-state index contributed by atoms with van der Waals surface area (Å²) in [5, 5.41) is 24.0. The monoisotopic (exact) mass is 568 g/mol. The van der Waals surface area contributed by atoms with Crippen LogP contribution in [-0.2, 0) is 20.1 Å². The number of nitrogens with two attached hydrogens (primary N) is 2. The zero-order valence-electron chi connectivity index (χ0n) is 18.4. The molecule has 4 heterocycles. The number of anilines is 1. The summed E-state index contributed by atoms with van der Waals surface area (Å²) >= 11 is 5.07. The number of nitrogens with one attached hydrogen (secondary N) is 1. The average Bonchev–Trinajstić information content (AvgIpc) is 3.29. The van der Waals surface area contributed by atoms with Crippen LogP contribution in [-0.4, -0.2) is 82.5 Å². The van der Waals surface area contributed by atoms with Crippen molar-refractivity contribution in [3.8, 4) is 0 Å². The number of hydrogen-bond acceptors (Lipinski definition) is 14. The van der Waals surface area contributed by atoms with Crippen LogP contribution in [0.2, 0.25) is 0 Å². The predicted octanol–water partition coefficient (Wildman–Crippen LogP) is 0.374. The Hall–Kier alpha value is -2.86. The Morgan fingerprint density at radius 3 is 2.86 bits per heavy atom. The molecule has 190 valence electrons. The highest BCUT2D eigenvalue weighted by Crippen LogP contribution is 2.45. The molecule has 0 aliphatic carbocycles. The van der Waals surface area contributed by atoms with Gasteiger partial charge in [0, 0.05) is 57.5 Å². The van der Waals surface area contributed by atoms with E-state index in [9.17, 15) is 24.7 Å². The smallest absolute Gasteiger partial charge is 0.353 e. The number of carboxylic acid groups (broad SMARTS) is 1. The van der Waals surface area contributed by atoms with Crippen LogP contribution in [0.1, 0.15) is 11.4 Å². The highest BCUT2D eigenvalue weighted by molar-refractivity contribution is 8.06. The Bertz CT molecular complexity index is 1250. The van der Waals surface area contributed by atoms with Crippen LogP contribution in [0, 0.1) is 0 Å². The molecule has 36 heavy (non-hydrogen) atoms. The average molecular weight is 569 g/mol. The van der Waals surface area contributed by atoms with Crippen molar-refractivity contribution >= 4 is 75.4 Å². The first-order valence-electron chi connectivity index (χ1n) is 10.3. The van der Waals surface area contributed by atoms with Crippen molar-refractivity contribution in [1.29, 1.82) is 0 Å². The van der Waals surface area contributed by atoms with E-state index in [2.05, 4.69) is 24.8 Å². The summed E-state index contributed by atoms with van der Waals surface area (Å²) in [5.74, 6) is -1.13. The fourth-order valence-corrected chi connectivity index (χ4v) is 7.28. The van der Waals surface area contributed by atoms with Crippen molar-refractivity contribution < 1.29 is 24.7 Å². The number of β-lactam (4-membered cyclic amide) rings is 1. The highest BCUT2D eigenvalue weighted by Gasteiger charge is 2.54. The molecule has 0 bridgehead atoms. The van der Waals surface area contributed by atoms with Gasteiger partial charge in [-0.1, -0.05) is 16.9 Å². The normalized spacial score (nSPS) is 19.6. The van der Waals surface area contributed by atoms with Crippen LogP contribution in [0.5, 0.6) is 0 Å². The molecule has 2 aromatic heterocycles. The number of oxime groups is 1. The Morgan fingerprint density at radius 1 is 1.39 bits per heavy atom. The van der Waals surface area contributed by atoms with Crippen LogP contribution in [0.4, 0.5) is 5.13 Å². The number of aliphatic carboxylic acids is 1. The molecule has 7 N–H and O–H groups in total. The molecular formula is C19H20N8O5S4. The number of pyridine rings is 1. The van der Waals surface area contributed by atoms with Gasteiger partial charge in [0.1, 0.15) is 17.1 Å². The van der Waals surface area contributed by atoms with Crippen LogP contribution in [0.15, 0.2) is 39.1 Å². The summed E-state index contributed by atoms with van der Waals surface area (Å²) in [6, 6.07) is 0.794. The molecule has 2 aromatic rings. The van der Waals surface area contributed by atoms with E-state index in [0.717, 1.165) is 27.7 Å². The van der Waals surface area contributed by atoms with E-state index in [1.54, 1.807) is 24.2 Å². The maximum atomic E-state index is 13.0. The Labute approximate surface area is 221 Å². The van der Waals surface area contributed by atoms with Crippen LogP contribution < -0.4 is 16.8 Å². The van der Waals surface area contributed by atoms with Gasteiger partial charge in [0.05, 0.1) is 0 Å². The van der Waals surface area contributed by atoms with E-state index >= 15 is 0 Å². The molecule has 1 fully saturated rings. The summed E-state index contributed by atoms with van der Waals surface area (Å²) in [6.45, 7) is 0.550. The van der Waals surface area contributed by atoms with Crippen LogP contribution >= 0.6 is 46.8 Å². The van der Waals surface area contributed by atoms with E-state index < -0.39 is 34.9 Å². The Kier molecular flexibility index (Phi) is 8.35. The summed E-state index contributed by atoms with van der Waals surface area (Å²) in [5.41, 5.74) is 11.4. The molecular weight excluding hydrogens is 549 g/mol. The molecule has 17 heteroatoms. The number of thioether (sulfide) groups is 3. The first-order valence-corrected chi connectivity index (χ1v) is 14.1. The number of rotatable bonds is 10. The minimum absolute atomic E-state index is 0.0734. The predicted molar refractivity (Wildman–Crippen MR) is 138 cm³/mol. The zero-order chi connectivity index (χ0) is 25.8. The third-order valence-corrected chi connectivity index (χ3v) is 9.25. The lowest BCUT2D eigenvalue weighted by atomic mass is 10.0. The van der Waals surface area contributed by atoms with E-state index in [-0.39, 0.29) is 16.7 Å². The van der Waals surface area contributed by atoms with E-state index in [1.807, 2.05) is 6.07 Å². The second-order valence-electron chi connectivity index (χ2n) is 7.27. The number of carbonyl (C=O) groups excluding carboxylic acids is 2. The molecule has 2 aliphatic rings. The van der Waals surface area contributed by atoms with Crippen molar-refractivity contribution in [3.05, 3.63) is 40.5 Å². The molecule has 1 saturated heterocycles. The third kappa shape index (κ3) is 5.29. The molecule has 0 radical (unpaired) electrons. The van der Waals surface area contributed by atoms with Crippen LogP contribution in [0.25, 0.3) is 0 Å². The Balaban J connectivity index is 1.51. The van der Waals surface area contributed by atoms with Crippen molar-refractivity contribution in [2.24, 2.45) is 10.9 Å². The van der Waals surface area contributed by atoms with Crippen LogP contribution in [0.3, 0.4) is 0 Å². The van der Waals surface area contributed by atoms with Crippen molar-refractivity contribution in [1.82, 2.24) is 24.6 Å². The van der Waals surface area contributed by atoms with Gasteiger partial charge in [0.15, 0.2) is 5.13 Å². The van der Waals surface area contributed by atoms with Gasteiger partial charge >= 0.3 is 5.97 Å². The lowest BCUT2D eigenvalue weighted by Gasteiger charge is -2.49. The maximum absolute atomic E-state index is 13.0. The summed E-state index contributed by atoms with van der Waals surface area (Å²) in [6.07, 6.45) is 3.36. The van der Waals surface area contributed by atoms with E-state index in [1.165, 1.54) is 28.4 Å². The Morgan fingerprint density at radius 2 is 2.19 bits per heavy atom. The topological polar surface area (TPSA) is 210 Å². The summed E-state index contributed by atoms with van der Waals surface area (Å²) in [4.78, 5) is 48.3. The quantitative estimate of drug-likeness (QED) is 0.0863. The van der Waals surface area contributed by atoms with Gasteiger partial charge in [-0.3, -0.25) is 19.5 Å². The minimum atomic E-state index is -1.24. The maximum Gasteiger partial charge on any atom is 0.353 e. The largest absolute Gasteiger partial charge is 0.477 e. The molecule has 0 unspecified atom stereocenters. The summed E-state index contributed by atoms with van der Waals surface area (Å²) in [7, 11) is 0. The summed E-state index contributed by atoms with van der Waals surface area (Å²) < 4.78 is 3.83. The fourth-order valence-electron chi connectivity index (χ4n) is 3.42. The first-order chi connectivity index (χ1) is 17.3. The lowest BCUT2D eigenvalue weighted by Crippen LogP contribution is -2.71. The van der Waals surface area contributed by atoms with Gasteiger partial charge in [-0.05, 0) is 11.6 Å². The molecule has 13 nitrogen and oxygen atoms in total. The second-order valence-corrected chi connectivity index (χ2v) is 11.4. The van der Waals surface area contributed by atoms with Gasteiger partial charge in [0.25, 0.3) is 11.8 Å². The number of nitrogen functional groups attached to an aromatic ring is 1. The van der Waals surface area contributed by atoms with Gasteiger partial charge in [0.2, 0.25) is 11.5 Å². The molecule has 2 aliphatic heterocycles. The van der Waals surface area contributed by atoms with Gasteiger partial charge < -0.3 is 27.1 Å². The molecule has 0 aromatic carbocycles. The number of hydrogen-bond donors (Lipinski definition) is 5. The molecule has 4 rings (SSSR count). The van der Waals surface area contributed by atoms with Crippen molar-refractivity contribution in [2.45, 2.75) is 22.1 Å². The standard InChI is InChI=1S/C19H20N8O5S4/c20-2-4-33-6-8-5-22-3-1-9(8)35-10-7-34-17-12(16(29)27(17)13(10)18(30)31)23-15(28)11(25-32)14-24-19(21)36-26-14/h1,3,5,12,17,32H,2,4,6-7,20H2,(H,23,28)(H,30,31)(H2,21,24,26)/b25-11-/t12-,17+/m1/s1. The number of aromatic nitrogens is 3.